The van der Waals surface area contributed by atoms with Crippen LogP contribution in [0, 0.1) is 28.1 Å². The molecule has 0 amide bonds. The van der Waals surface area contributed by atoms with E-state index in [2.05, 4.69) is 0 Å². The van der Waals surface area contributed by atoms with Crippen LogP contribution in [0.2, 0.25) is 0 Å². The number of aliphatic hydroxyl groups is 2. The quantitative estimate of drug-likeness (QED) is 0.539. The molecule has 6 nitrogen and oxygen atoms in total. The van der Waals surface area contributed by atoms with Crippen LogP contribution in [0.3, 0.4) is 0 Å². The molecule has 0 aromatic heterocycles. The maximum absolute atomic E-state index is 17.5. The van der Waals surface area contributed by atoms with Crippen LogP contribution in [-0.2, 0) is 14.4 Å². The minimum atomic E-state index is -4.45. The lowest BCUT2D eigenvalue weighted by atomic mass is 9.39. The van der Waals surface area contributed by atoms with E-state index in [1.165, 1.54) is 19.1 Å². The lowest BCUT2D eigenvalue weighted by Gasteiger charge is -2.67. The van der Waals surface area contributed by atoms with Crippen LogP contribution in [0.4, 0.5) is 22.0 Å². The molecule has 206 valence electrons. The Balaban J connectivity index is 1.60. The largest absolute Gasteiger partial charge is 0.390 e. The molecule has 4 aliphatic carbocycles. The first kappa shape index (κ1) is 26.9. The van der Waals surface area contributed by atoms with Crippen molar-refractivity contribution >= 4 is 11.6 Å². The summed E-state index contributed by atoms with van der Waals surface area (Å²) in [4.78, 5) is 31.4. The standard InChI is InChI=1S/C26H32F5NO5/c1-21-5-4-15(34)8-16(21)17(27)9-18-22(2)10-14-12-32(7-6-24(28,29)30)37-26(14,20(36)13-33)23(22,3)11-19(35)25(18,21)31/h4-5,8,14,17-19,33,35H,6-7,9-13H2,1-3H3/t14-,17-,18-,19-,21-,22-,23-,25-,26-/m0/s1. The summed E-state index contributed by atoms with van der Waals surface area (Å²) in [6.45, 7) is 3.31. The van der Waals surface area contributed by atoms with E-state index in [4.69, 9.17) is 4.84 Å². The smallest absolute Gasteiger partial charge is 0.390 e. The summed E-state index contributed by atoms with van der Waals surface area (Å²) < 4.78 is 71.9. The van der Waals surface area contributed by atoms with Gasteiger partial charge in [0.15, 0.2) is 22.8 Å². The van der Waals surface area contributed by atoms with Gasteiger partial charge in [0.1, 0.15) is 12.8 Å². The Morgan fingerprint density at radius 3 is 2.54 bits per heavy atom. The maximum atomic E-state index is 17.5. The fourth-order valence-electron chi connectivity index (χ4n) is 8.78. The van der Waals surface area contributed by atoms with Crippen molar-refractivity contribution in [3.8, 4) is 0 Å². The molecule has 3 saturated carbocycles. The van der Waals surface area contributed by atoms with Crippen molar-refractivity contribution in [2.24, 2.45) is 28.1 Å². The van der Waals surface area contributed by atoms with Crippen LogP contribution in [-0.4, -0.2) is 76.3 Å². The Morgan fingerprint density at radius 1 is 1.24 bits per heavy atom. The number of hydrogen-bond donors (Lipinski definition) is 2. The third kappa shape index (κ3) is 3.17. The van der Waals surface area contributed by atoms with Crippen molar-refractivity contribution in [2.75, 3.05) is 19.7 Å². The maximum Gasteiger partial charge on any atom is 0.390 e. The number of ketones is 2. The monoisotopic (exact) mass is 533 g/mol. The van der Waals surface area contributed by atoms with Crippen LogP contribution in [0.5, 0.6) is 0 Å². The summed E-state index contributed by atoms with van der Waals surface area (Å²) in [6, 6.07) is 0. The second kappa shape index (κ2) is 7.92. The highest BCUT2D eigenvalue weighted by atomic mass is 19.4. The van der Waals surface area contributed by atoms with Crippen molar-refractivity contribution < 1.29 is 46.6 Å². The van der Waals surface area contributed by atoms with Crippen LogP contribution in [0.15, 0.2) is 23.8 Å². The number of hydrogen-bond acceptors (Lipinski definition) is 6. The molecule has 37 heavy (non-hydrogen) atoms. The van der Waals surface area contributed by atoms with Gasteiger partial charge in [-0.25, -0.2) is 8.78 Å². The van der Waals surface area contributed by atoms with Crippen molar-refractivity contribution in [3.05, 3.63) is 23.8 Å². The Kier molecular flexibility index (Phi) is 5.76. The fraction of sp³-hybridized carbons (Fsp3) is 0.769. The number of fused-ring (bicyclic) bond motifs is 7. The normalized spacial score (nSPS) is 49.2. The van der Waals surface area contributed by atoms with Crippen LogP contribution < -0.4 is 0 Å². The van der Waals surface area contributed by atoms with Gasteiger partial charge >= 0.3 is 6.18 Å². The van der Waals surface area contributed by atoms with Crippen LogP contribution >= 0.6 is 0 Å². The number of nitrogens with zero attached hydrogens (tertiary/aromatic N) is 1. The molecule has 1 saturated heterocycles. The van der Waals surface area contributed by atoms with E-state index in [9.17, 15) is 33.0 Å². The molecular weight excluding hydrogens is 501 g/mol. The average Bonchev–Trinajstić information content (AvgIpc) is 3.26. The predicted molar refractivity (Wildman–Crippen MR) is 120 cm³/mol. The summed E-state index contributed by atoms with van der Waals surface area (Å²) >= 11 is 0. The molecule has 0 aromatic rings. The number of carbonyl (C=O) groups excluding carboxylic acids is 2. The molecular formula is C26H32F5NO5. The Bertz CT molecular complexity index is 1090. The van der Waals surface area contributed by atoms with E-state index >= 15 is 8.78 Å². The average molecular weight is 534 g/mol. The van der Waals surface area contributed by atoms with E-state index in [0.29, 0.717) is 0 Å². The number of hydroxylamine groups is 2. The minimum absolute atomic E-state index is 0.0288. The number of rotatable bonds is 4. The zero-order chi connectivity index (χ0) is 27.4. The molecule has 5 rings (SSSR count). The SMILES string of the molecule is C[C@]12C[C@H](O)[C@@]3(F)[C@@H](C[C@H](F)C4=CC(=O)C=C[C@@]43C)[C@]1(C)C[C@H]1CN(CCC(F)(F)F)O[C@]12C(=O)CO. The van der Waals surface area contributed by atoms with E-state index in [0.717, 1.165) is 11.1 Å². The Labute approximate surface area is 211 Å². The molecule has 9 atom stereocenters. The zero-order valence-electron chi connectivity index (χ0n) is 20.9. The first-order chi connectivity index (χ1) is 17.0. The summed E-state index contributed by atoms with van der Waals surface area (Å²) in [5.74, 6) is -3.02. The van der Waals surface area contributed by atoms with Gasteiger partial charge in [0.25, 0.3) is 0 Å². The van der Waals surface area contributed by atoms with Crippen LogP contribution in [0.1, 0.15) is 46.5 Å². The number of carbonyl (C=O) groups is 2. The Morgan fingerprint density at radius 2 is 1.92 bits per heavy atom. The van der Waals surface area contributed by atoms with Gasteiger partial charge in [-0.3, -0.25) is 14.4 Å². The molecule has 4 fully saturated rings. The van der Waals surface area contributed by atoms with Crippen molar-refractivity contribution in [1.29, 1.82) is 0 Å². The predicted octanol–water partition coefficient (Wildman–Crippen LogP) is 3.42. The lowest BCUT2D eigenvalue weighted by Crippen LogP contribution is -2.73. The summed E-state index contributed by atoms with van der Waals surface area (Å²) in [5, 5.41) is 22.5. The van der Waals surface area contributed by atoms with Gasteiger partial charge in [-0.1, -0.05) is 19.9 Å². The summed E-state index contributed by atoms with van der Waals surface area (Å²) in [6.07, 6.45) is -5.92. The molecule has 1 aliphatic heterocycles. The molecule has 1 heterocycles. The molecule has 5 aliphatic rings. The molecule has 11 heteroatoms. The third-order valence-corrected chi connectivity index (χ3v) is 10.6. The first-order valence-corrected chi connectivity index (χ1v) is 12.6. The summed E-state index contributed by atoms with van der Waals surface area (Å²) in [5.41, 5.74) is -8.28. The van der Waals surface area contributed by atoms with Gasteiger partial charge in [-0.15, -0.1) is 0 Å². The number of aliphatic hydroxyl groups excluding tert-OH is 2. The summed E-state index contributed by atoms with van der Waals surface area (Å²) in [7, 11) is 0. The molecule has 0 aromatic carbocycles. The van der Waals surface area contributed by atoms with Crippen molar-refractivity contribution in [1.82, 2.24) is 5.06 Å². The molecule has 0 radical (unpaired) electrons. The van der Waals surface area contributed by atoms with E-state index < -0.39 is 88.9 Å². The highest BCUT2D eigenvalue weighted by Crippen LogP contribution is 2.77. The molecule has 0 bridgehead atoms. The second-order valence-corrected chi connectivity index (χ2v) is 12.1. The molecule has 0 unspecified atom stereocenters. The number of allylic oxidation sites excluding steroid dienone is 4. The van der Waals surface area contributed by atoms with Crippen molar-refractivity contribution in [2.45, 2.75) is 76.2 Å². The topological polar surface area (TPSA) is 87.1 Å². The van der Waals surface area contributed by atoms with E-state index in [1.54, 1.807) is 13.8 Å². The second-order valence-electron chi connectivity index (χ2n) is 12.1. The number of alkyl halides is 5. The van der Waals surface area contributed by atoms with Gasteiger partial charge in [0, 0.05) is 35.8 Å². The van der Waals surface area contributed by atoms with Gasteiger partial charge in [-0.2, -0.15) is 18.2 Å². The first-order valence-electron chi connectivity index (χ1n) is 12.6. The fourth-order valence-corrected chi connectivity index (χ4v) is 8.78. The van der Waals surface area contributed by atoms with Gasteiger partial charge in [-0.05, 0) is 49.3 Å². The molecule has 2 N–H and O–H groups in total. The van der Waals surface area contributed by atoms with Gasteiger partial charge in [0.05, 0.1) is 12.5 Å². The zero-order valence-corrected chi connectivity index (χ0v) is 20.9. The van der Waals surface area contributed by atoms with Gasteiger partial charge < -0.3 is 10.2 Å². The third-order valence-electron chi connectivity index (χ3n) is 10.6. The highest BCUT2D eigenvalue weighted by Gasteiger charge is 2.83. The Hall–Kier alpha value is -1.69. The van der Waals surface area contributed by atoms with Gasteiger partial charge in [0.2, 0.25) is 0 Å². The number of Topliss-reactive ketones (excluding diaryl/α,β-unsaturated/α-hetero) is 1. The van der Waals surface area contributed by atoms with Crippen molar-refractivity contribution in [3.63, 3.8) is 0 Å². The molecule has 0 spiro atoms. The van der Waals surface area contributed by atoms with Crippen LogP contribution in [0.25, 0.3) is 0 Å². The lowest BCUT2D eigenvalue weighted by molar-refractivity contribution is -0.290. The van der Waals surface area contributed by atoms with E-state index in [-0.39, 0.29) is 31.4 Å². The minimum Gasteiger partial charge on any atom is -0.390 e. The highest BCUT2D eigenvalue weighted by molar-refractivity contribution is 6.01. The van der Waals surface area contributed by atoms with E-state index in [1.807, 2.05) is 0 Å². The number of halogens is 5.